The molecule has 2 heterocycles. The largest absolute Gasteiger partial charge is 0.381 e. The van der Waals surface area contributed by atoms with Crippen molar-refractivity contribution in [3.05, 3.63) is 46.8 Å². The van der Waals surface area contributed by atoms with Gasteiger partial charge in [-0.1, -0.05) is 24.3 Å². The minimum Gasteiger partial charge on any atom is -0.381 e. The van der Waals surface area contributed by atoms with Crippen molar-refractivity contribution in [1.82, 2.24) is 4.72 Å². The fraction of sp³-hybridized carbons (Fsp3) is 0.389. The summed E-state index contributed by atoms with van der Waals surface area (Å²) in [6.45, 7) is 3.31. The van der Waals surface area contributed by atoms with Gasteiger partial charge in [-0.05, 0) is 37.1 Å². The van der Waals surface area contributed by atoms with Gasteiger partial charge < -0.3 is 9.84 Å². The normalized spacial score (nSPS) is 23.3. The van der Waals surface area contributed by atoms with Gasteiger partial charge >= 0.3 is 0 Å². The minimum atomic E-state index is -3.53. The lowest BCUT2D eigenvalue weighted by atomic mass is 9.89. The smallest absolute Gasteiger partial charge is 0.214 e. The van der Waals surface area contributed by atoms with Crippen LogP contribution in [-0.2, 0) is 20.4 Å². The summed E-state index contributed by atoms with van der Waals surface area (Å²) in [6, 6.07) is 12.3. The van der Waals surface area contributed by atoms with Crippen LogP contribution in [0.15, 0.2) is 36.4 Å². The molecule has 1 aromatic heterocycles. The molecule has 0 unspecified atom stereocenters. The Morgan fingerprint density at radius 2 is 2.00 bits per heavy atom. The van der Waals surface area contributed by atoms with Crippen molar-refractivity contribution in [1.29, 1.82) is 5.26 Å². The lowest BCUT2D eigenvalue weighted by molar-refractivity contribution is 0.0121. The Morgan fingerprint density at radius 1 is 1.31 bits per heavy atom. The fourth-order valence-corrected chi connectivity index (χ4v) is 4.54. The van der Waals surface area contributed by atoms with Crippen LogP contribution in [-0.4, -0.2) is 38.0 Å². The number of hydrogen-bond donors (Lipinski definition) is 2. The van der Waals surface area contributed by atoms with E-state index in [0.29, 0.717) is 10.4 Å². The van der Waals surface area contributed by atoms with Gasteiger partial charge in [0.15, 0.2) is 0 Å². The molecule has 0 spiro atoms. The first-order valence-electron chi connectivity index (χ1n) is 8.18. The minimum absolute atomic E-state index is 0.0230. The first-order chi connectivity index (χ1) is 12.3. The Bertz CT molecular complexity index is 929. The predicted molar refractivity (Wildman–Crippen MR) is 100 cm³/mol. The molecule has 3 rings (SSSR count). The molecule has 1 aliphatic rings. The van der Waals surface area contributed by atoms with Crippen molar-refractivity contribution in [3.8, 4) is 16.5 Å². The zero-order valence-corrected chi connectivity index (χ0v) is 16.1. The zero-order chi connectivity index (χ0) is 18.9. The Kier molecular flexibility index (Phi) is 5.19. The number of nitrogens with one attached hydrogen (secondary N) is 1. The van der Waals surface area contributed by atoms with Crippen molar-refractivity contribution in [3.63, 3.8) is 0 Å². The van der Waals surface area contributed by atoms with E-state index < -0.39 is 26.9 Å². The third-order valence-corrected chi connectivity index (χ3v) is 7.39. The monoisotopic (exact) mass is 392 g/mol. The van der Waals surface area contributed by atoms with E-state index in [-0.39, 0.29) is 13.2 Å². The van der Waals surface area contributed by atoms with Crippen molar-refractivity contribution >= 4 is 21.4 Å². The lowest BCUT2D eigenvalue weighted by Gasteiger charge is -2.29. The van der Waals surface area contributed by atoms with Crippen molar-refractivity contribution in [2.45, 2.75) is 30.7 Å². The molecule has 0 bridgehead atoms. The molecule has 2 atom stereocenters. The van der Waals surface area contributed by atoms with Crippen LogP contribution in [0.3, 0.4) is 0 Å². The van der Waals surface area contributed by atoms with Crippen LogP contribution in [0.25, 0.3) is 10.4 Å². The fourth-order valence-electron chi connectivity index (χ4n) is 2.80. The summed E-state index contributed by atoms with van der Waals surface area (Å²) in [4.78, 5) is 1.59. The number of ether oxygens (including phenoxy) is 1. The summed E-state index contributed by atoms with van der Waals surface area (Å²) in [5, 5.41) is 19.4. The van der Waals surface area contributed by atoms with Crippen LogP contribution in [0, 0.1) is 11.3 Å². The maximum absolute atomic E-state index is 12.2. The van der Waals surface area contributed by atoms with Crippen LogP contribution in [0.1, 0.15) is 24.3 Å². The van der Waals surface area contributed by atoms with Crippen LogP contribution in [0.4, 0.5) is 0 Å². The van der Waals surface area contributed by atoms with Gasteiger partial charge in [0.05, 0.1) is 24.5 Å². The molecule has 2 aromatic rings. The molecular formula is C18H20N2O4S2. The maximum atomic E-state index is 12.2. The summed E-state index contributed by atoms with van der Waals surface area (Å²) >= 11 is 1.39. The average Bonchev–Trinajstić information content (AvgIpc) is 3.23. The van der Waals surface area contributed by atoms with Gasteiger partial charge in [0.25, 0.3) is 0 Å². The van der Waals surface area contributed by atoms with E-state index >= 15 is 0 Å². The van der Waals surface area contributed by atoms with Crippen molar-refractivity contribution in [2.24, 2.45) is 0 Å². The summed E-state index contributed by atoms with van der Waals surface area (Å²) in [5.74, 6) is 0. The number of hydrogen-bond acceptors (Lipinski definition) is 6. The molecule has 1 aliphatic heterocycles. The molecule has 0 saturated carbocycles. The maximum Gasteiger partial charge on any atom is 0.214 e. The van der Waals surface area contributed by atoms with Gasteiger partial charge in [0.1, 0.15) is 16.5 Å². The highest BCUT2D eigenvalue weighted by Crippen LogP contribution is 2.34. The van der Waals surface area contributed by atoms with E-state index in [1.807, 2.05) is 18.2 Å². The van der Waals surface area contributed by atoms with Gasteiger partial charge in [-0.3, -0.25) is 0 Å². The molecule has 1 saturated heterocycles. The second-order valence-corrected chi connectivity index (χ2v) is 9.91. The first kappa shape index (κ1) is 19.0. The summed E-state index contributed by atoms with van der Waals surface area (Å²) in [7, 11) is -3.53. The van der Waals surface area contributed by atoms with Crippen molar-refractivity contribution in [2.75, 3.05) is 13.2 Å². The Morgan fingerprint density at radius 3 is 2.58 bits per heavy atom. The van der Waals surface area contributed by atoms with E-state index in [4.69, 9.17) is 10.00 Å². The number of nitriles is 1. The van der Waals surface area contributed by atoms with Gasteiger partial charge in [-0.2, -0.15) is 5.26 Å². The van der Waals surface area contributed by atoms with Crippen LogP contribution in [0.2, 0.25) is 0 Å². The molecule has 1 aromatic carbocycles. The molecule has 0 radical (unpaired) electrons. The Balaban J connectivity index is 1.86. The van der Waals surface area contributed by atoms with Crippen LogP contribution < -0.4 is 4.72 Å². The Labute approximate surface area is 157 Å². The van der Waals surface area contributed by atoms with E-state index in [0.717, 1.165) is 10.4 Å². The summed E-state index contributed by atoms with van der Waals surface area (Å²) in [6.07, 6.45) is 0. The number of rotatable bonds is 5. The second-order valence-electron chi connectivity index (χ2n) is 6.56. The summed E-state index contributed by atoms with van der Waals surface area (Å²) in [5.41, 5.74) is 0.0997. The zero-order valence-electron chi connectivity index (χ0n) is 14.5. The molecular weight excluding hydrogens is 372 g/mol. The van der Waals surface area contributed by atoms with E-state index in [1.165, 1.54) is 11.3 Å². The highest BCUT2D eigenvalue weighted by molar-refractivity contribution is 7.90. The van der Waals surface area contributed by atoms with E-state index in [2.05, 4.69) is 10.8 Å². The molecule has 0 aliphatic carbocycles. The number of thiophene rings is 1. The number of sulfonamides is 1. The number of aliphatic hydroxyl groups is 1. The number of benzene rings is 1. The quantitative estimate of drug-likeness (QED) is 0.813. The van der Waals surface area contributed by atoms with Crippen LogP contribution in [0.5, 0.6) is 0 Å². The average molecular weight is 393 g/mol. The predicted octanol–water partition coefficient (Wildman–Crippen LogP) is 2.20. The number of nitrogens with zero attached hydrogens (tertiary/aromatic N) is 1. The van der Waals surface area contributed by atoms with E-state index in [1.54, 1.807) is 32.0 Å². The third-order valence-electron chi connectivity index (χ3n) is 4.50. The molecule has 2 N–H and O–H groups in total. The lowest BCUT2D eigenvalue weighted by Crippen LogP contribution is -2.51. The SMILES string of the molecule is CC(C)S(=O)(=O)N[C@@H]1COC[C@@]1(O)c1ccc(-c2ccc(C#N)s2)cc1. The standard InChI is InChI=1S/C18H20N2O4S2/c1-12(2)26(22,23)20-17-10-24-11-18(17,21)14-5-3-13(4-6-14)16-8-7-15(9-19)25-16/h3-8,12,17,20-21H,10-11H2,1-2H3/t17-,18-/m1/s1. The topological polar surface area (TPSA) is 99.4 Å². The first-order valence-corrected chi connectivity index (χ1v) is 10.5. The Hall–Kier alpha value is -1.76. The van der Waals surface area contributed by atoms with Crippen LogP contribution >= 0.6 is 11.3 Å². The molecule has 8 heteroatoms. The molecule has 6 nitrogen and oxygen atoms in total. The second kappa shape index (κ2) is 7.10. The molecule has 0 amide bonds. The highest BCUT2D eigenvalue weighted by Gasteiger charge is 2.46. The third kappa shape index (κ3) is 3.54. The summed E-state index contributed by atoms with van der Waals surface area (Å²) < 4.78 is 32.3. The highest BCUT2D eigenvalue weighted by atomic mass is 32.2. The van der Waals surface area contributed by atoms with Gasteiger partial charge in [0.2, 0.25) is 10.0 Å². The van der Waals surface area contributed by atoms with E-state index in [9.17, 15) is 13.5 Å². The molecule has 26 heavy (non-hydrogen) atoms. The van der Waals surface area contributed by atoms with Gasteiger partial charge in [-0.25, -0.2) is 13.1 Å². The van der Waals surface area contributed by atoms with Gasteiger partial charge in [-0.15, -0.1) is 11.3 Å². The molecule has 138 valence electrons. The van der Waals surface area contributed by atoms with Gasteiger partial charge in [0, 0.05) is 4.88 Å². The van der Waals surface area contributed by atoms with Crippen molar-refractivity contribution < 1.29 is 18.3 Å². The molecule has 1 fully saturated rings.